The standard InChI is InChI=1S/C25H36N2/c1-3-5-6-7-21-14-16-24(17-15-21)25-26-18-23(19-27-25)13-12-22-10-8-20(4-2)9-11-22/h14-20,22H,3-13H2,1-2H3/t20-,22-. The van der Waals surface area contributed by atoms with Crippen LogP contribution < -0.4 is 0 Å². The van der Waals surface area contributed by atoms with Gasteiger partial charge >= 0.3 is 0 Å². The maximum Gasteiger partial charge on any atom is 0.159 e. The first-order valence-electron chi connectivity index (χ1n) is 11.2. The molecule has 0 saturated heterocycles. The van der Waals surface area contributed by atoms with Crippen molar-refractivity contribution in [3.05, 3.63) is 47.8 Å². The molecule has 2 heteroatoms. The molecule has 0 radical (unpaired) electrons. The Morgan fingerprint density at radius 1 is 0.778 bits per heavy atom. The molecule has 1 saturated carbocycles. The van der Waals surface area contributed by atoms with Crippen LogP contribution in [0.2, 0.25) is 0 Å². The molecule has 1 aromatic carbocycles. The molecule has 0 bridgehead atoms. The van der Waals surface area contributed by atoms with Crippen molar-refractivity contribution in [1.29, 1.82) is 0 Å². The molecule has 2 aromatic rings. The van der Waals surface area contributed by atoms with E-state index < -0.39 is 0 Å². The zero-order chi connectivity index (χ0) is 18.9. The molecule has 0 atom stereocenters. The molecule has 1 aliphatic carbocycles. The van der Waals surface area contributed by atoms with Gasteiger partial charge in [-0.05, 0) is 48.6 Å². The van der Waals surface area contributed by atoms with Crippen molar-refractivity contribution in [3.8, 4) is 11.4 Å². The zero-order valence-electron chi connectivity index (χ0n) is 17.3. The summed E-state index contributed by atoms with van der Waals surface area (Å²) in [5.74, 6) is 2.75. The minimum absolute atomic E-state index is 0.849. The normalized spacial score (nSPS) is 19.9. The van der Waals surface area contributed by atoms with Crippen molar-refractivity contribution < 1.29 is 0 Å². The van der Waals surface area contributed by atoms with Crippen LogP contribution in [0.15, 0.2) is 36.7 Å². The van der Waals surface area contributed by atoms with Crippen LogP contribution >= 0.6 is 0 Å². The molecular weight excluding hydrogens is 328 g/mol. The van der Waals surface area contributed by atoms with Crippen molar-refractivity contribution >= 4 is 0 Å². The Labute approximate surface area is 165 Å². The molecular formula is C25H36N2. The number of rotatable bonds is 9. The number of unbranched alkanes of at least 4 members (excludes halogenated alkanes) is 2. The first-order chi connectivity index (χ1) is 13.3. The lowest BCUT2D eigenvalue weighted by molar-refractivity contribution is 0.258. The maximum absolute atomic E-state index is 4.63. The summed E-state index contributed by atoms with van der Waals surface area (Å²) < 4.78 is 0. The fraction of sp³-hybridized carbons (Fsp3) is 0.600. The minimum Gasteiger partial charge on any atom is -0.236 e. The molecule has 0 spiro atoms. The van der Waals surface area contributed by atoms with Gasteiger partial charge in [0.15, 0.2) is 5.82 Å². The number of hydrogen-bond acceptors (Lipinski definition) is 2. The molecule has 1 heterocycles. The summed E-state index contributed by atoms with van der Waals surface area (Å²) in [4.78, 5) is 9.26. The van der Waals surface area contributed by atoms with Crippen LogP contribution in [-0.2, 0) is 12.8 Å². The van der Waals surface area contributed by atoms with E-state index in [-0.39, 0.29) is 0 Å². The van der Waals surface area contributed by atoms with E-state index in [9.17, 15) is 0 Å². The van der Waals surface area contributed by atoms with E-state index in [2.05, 4.69) is 48.1 Å². The van der Waals surface area contributed by atoms with Crippen molar-refractivity contribution in [1.82, 2.24) is 9.97 Å². The Hall–Kier alpha value is -1.70. The van der Waals surface area contributed by atoms with Crippen LogP contribution in [0.3, 0.4) is 0 Å². The van der Waals surface area contributed by atoms with Gasteiger partial charge in [-0.3, -0.25) is 0 Å². The van der Waals surface area contributed by atoms with Gasteiger partial charge < -0.3 is 0 Å². The summed E-state index contributed by atoms with van der Waals surface area (Å²) in [5, 5.41) is 0. The van der Waals surface area contributed by atoms with E-state index in [0.29, 0.717) is 0 Å². The van der Waals surface area contributed by atoms with Gasteiger partial charge in [-0.2, -0.15) is 0 Å². The Morgan fingerprint density at radius 3 is 2.07 bits per heavy atom. The number of benzene rings is 1. The Morgan fingerprint density at radius 2 is 1.44 bits per heavy atom. The van der Waals surface area contributed by atoms with Crippen molar-refractivity contribution in [2.24, 2.45) is 11.8 Å². The second kappa shape index (κ2) is 10.6. The summed E-state index contributed by atoms with van der Waals surface area (Å²) in [6.45, 7) is 4.59. The second-order valence-electron chi connectivity index (χ2n) is 8.40. The highest BCUT2D eigenvalue weighted by Gasteiger charge is 2.19. The monoisotopic (exact) mass is 364 g/mol. The highest BCUT2D eigenvalue weighted by atomic mass is 14.9. The van der Waals surface area contributed by atoms with Gasteiger partial charge in [0.25, 0.3) is 0 Å². The van der Waals surface area contributed by atoms with Crippen LogP contribution in [-0.4, -0.2) is 9.97 Å². The molecule has 2 nitrogen and oxygen atoms in total. The van der Waals surface area contributed by atoms with Crippen molar-refractivity contribution in [2.45, 2.75) is 84.5 Å². The number of aryl methyl sites for hydroxylation is 2. The molecule has 0 N–H and O–H groups in total. The predicted octanol–water partition coefficient (Wildman–Crippen LogP) is 7.03. The van der Waals surface area contributed by atoms with E-state index in [0.717, 1.165) is 29.6 Å². The van der Waals surface area contributed by atoms with E-state index >= 15 is 0 Å². The molecule has 3 rings (SSSR count). The first kappa shape index (κ1) is 20.0. The summed E-state index contributed by atoms with van der Waals surface area (Å²) in [5.41, 5.74) is 3.83. The van der Waals surface area contributed by atoms with Gasteiger partial charge in [0.05, 0.1) is 0 Å². The average Bonchev–Trinajstić information content (AvgIpc) is 2.74. The highest BCUT2D eigenvalue weighted by Crippen LogP contribution is 2.33. The lowest BCUT2D eigenvalue weighted by Gasteiger charge is -2.27. The van der Waals surface area contributed by atoms with Crippen LogP contribution in [0.4, 0.5) is 0 Å². The van der Waals surface area contributed by atoms with Gasteiger partial charge in [0.2, 0.25) is 0 Å². The predicted molar refractivity (Wildman–Crippen MR) is 115 cm³/mol. The van der Waals surface area contributed by atoms with Crippen molar-refractivity contribution in [2.75, 3.05) is 0 Å². The quantitative estimate of drug-likeness (QED) is 0.446. The second-order valence-corrected chi connectivity index (χ2v) is 8.40. The summed E-state index contributed by atoms with van der Waals surface area (Å²) in [6.07, 6.45) is 18.6. The zero-order valence-corrected chi connectivity index (χ0v) is 17.3. The topological polar surface area (TPSA) is 25.8 Å². The van der Waals surface area contributed by atoms with Crippen LogP contribution in [0.1, 0.15) is 82.8 Å². The molecule has 0 unspecified atom stereocenters. The van der Waals surface area contributed by atoms with E-state index in [1.54, 1.807) is 0 Å². The smallest absolute Gasteiger partial charge is 0.159 e. The lowest BCUT2D eigenvalue weighted by Crippen LogP contribution is -2.14. The van der Waals surface area contributed by atoms with Gasteiger partial charge in [-0.15, -0.1) is 0 Å². The van der Waals surface area contributed by atoms with Crippen LogP contribution in [0.5, 0.6) is 0 Å². The number of hydrogen-bond donors (Lipinski definition) is 0. The average molecular weight is 365 g/mol. The van der Waals surface area contributed by atoms with E-state index in [1.165, 1.54) is 75.3 Å². The van der Waals surface area contributed by atoms with E-state index in [4.69, 9.17) is 0 Å². The Kier molecular flexibility index (Phi) is 7.86. The Balaban J connectivity index is 1.48. The largest absolute Gasteiger partial charge is 0.236 e. The molecule has 27 heavy (non-hydrogen) atoms. The van der Waals surface area contributed by atoms with Crippen molar-refractivity contribution in [3.63, 3.8) is 0 Å². The van der Waals surface area contributed by atoms with Crippen LogP contribution in [0, 0.1) is 11.8 Å². The molecule has 0 aliphatic heterocycles. The Bertz CT molecular complexity index is 652. The minimum atomic E-state index is 0.849. The van der Waals surface area contributed by atoms with Gasteiger partial charge in [0.1, 0.15) is 0 Å². The maximum atomic E-state index is 4.63. The third kappa shape index (κ3) is 6.16. The molecule has 146 valence electrons. The summed E-state index contributed by atoms with van der Waals surface area (Å²) in [7, 11) is 0. The molecule has 1 aliphatic rings. The summed E-state index contributed by atoms with van der Waals surface area (Å²) in [6, 6.07) is 8.80. The first-order valence-corrected chi connectivity index (χ1v) is 11.2. The molecule has 1 aromatic heterocycles. The van der Waals surface area contributed by atoms with Gasteiger partial charge in [-0.25, -0.2) is 9.97 Å². The molecule has 1 fully saturated rings. The third-order valence-corrected chi connectivity index (χ3v) is 6.37. The fourth-order valence-electron chi connectivity index (χ4n) is 4.33. The summed E-state index contributed by atoms with van der Waals surface area (Å²) >= 11 is 0. The third-order valence-electron chi connectivity index (χ3n) is 6.37. The number of nitrogens with zero attached hydrogens (tertiary/aromatic N) is 2. The highest BCUT2D eigenvalue weighted by molar-refractivity contribution is 5.55. The number of aromatic nitrogens is 2. The van der Waals surface area contributed by atoms with E-state index in [1.807, 2.05) is 12.4 Å². The fourth-order valence-corrected chi connectivity index (χ4v) is 4.33. The SMILES string of the molecule is CCCCCc1ccc(-c2ncc(CC[C@H]3CC[C@H](CC)CC3)cn2)cc1. The van der Waals surface area contributed by atoms with Crippen LogP contribution in [0.25, 0.3) is 11.4 Å². The van der Waals surface area contributed by atoms with Gasteiger partial charge in [-0.1, -0.05) is 83.1 Å². The molecule has 0 amide bonds. The van der Waals surface area contributed by atoms with Gasteiger partial charge in [0, 0.05) is 18.0 Å². The lowest BCUT2D eigenvalue weighted by atomic mass is 9.79.